The van der Waals surface area contributed by atoms with Gasteiger partial charge < -0.3 is 5.11 Å². The Labute approximate surface area is 108 Å². The Morgan fingerprint density at radius 3 is 3.00 bits per heavy atom. The zero-order valence-electron chi connectivity index (χ0n) is 9.93. The van der Waals surface area contributed by atoms with Gasteiger partial charge in [0.05, 0.1) is 5.56 Å². The number of hydrogen-bond donors (Lipinski definition) is 1. The lowest BCUT2D eigenvalue weighted by atomic mass is 10.1. The largest absolute Gasteiger partial charge is 0.478 e. The number of carboxylic acids is 1. The van der Waals surface area contributed by atoms with Crippen LogP contribution in [0.1, 0.15) is 16.8 Å². The van der Waals surface area contributed by atoms with Gasteiger partial charge in [0.2, 0.25) is 5.91 Å². The quantitative estimate of drug-likeness (QED) is 0.501. The fourth-order valence-electron chi connectivity index (χ4n) is 1.95. The monoisotopic (exact) mass is 261 g/mol. The predicted molar refractivity (Wildman–Crippen MR) is 65.7 cm³/mol. The predicted octanol–water partition coefficient (Wildman–Crippen LogP) is 1.44. The highest BCUT2D eigenvalue weighted by Gasteiger charge is 2.30. The number of aromatic nitrogens is 1. The number of nitrogens with zero attached hydrogens (tertiary/aromatic N) is 5. The van der Waals surface area contributed by atoms with Crippen LogP contribution >= 0.6 is 0 Å². The summed E-state index contributed by atoms with van der Waals surface area (Å²) < 4.78 is 0. The van der Waals surface area contributed by atoms with Crippen LogP contribution in [0.3, 0.4) is 0 Å². The third-order valence-corrected chi connectivity index (χ3v) is 2.88. The van der Waals surface area contributed by atoms with Gasteiger partial charge >= 0.3 is 5.97 Å². The average molecular weight is 261 g/mol. The minimum absolute atomic E-state index is 0.0237. The van der Waals surface area contributed by atoms with Crippen molar-refractivity contribution in [2.45, 2.75) is 6.42 Å². The Bertz CT molecular complexity index is 550. The van der Waals surface area contributed by atoms with Gasteiger partial charge in [0.15, 0.2) is 0 Å². The molecule has 2 rings (SSSR count). The Hall–Kier alpha value is -2.60. The molecule has 0 saturated carbocycles. The minimum Gasteiger partial charge on any atom is -0.478 e. The van der Waals surface area contributed by atoms with E-state index >= 15 is 0 Å². The van der Waals surface area contributed by atoms with Crippen molar-refractivity contribution in [3.8, 4) is 0 Å². The zero-order chi connectivity index (χ0) is 13.8. The molecule has 1 aliphatic rings. The van der Waals surface area contributed by atoms with Crippen molar-refractivity contribution >= 4 is 17.7 Å². The first-order valence-electron chi connectivity index (χ1n) is 5.62. The smallest absolute Gasteiger partial charge is 0.337 e. The number of hydrogen-bond acceptors (Lipinski definition) is 4. The van der Waals surface area contributed by atoms with Crippen molar-refractivity contribution in [1.29, 1.82) is 0 Å². The second-order valence-corrected chi connectivity index (χ2v) is 4.20. The Morgan fingerprint density at radius 2 is 2.42 bits per heavy atom. The van der Waals surface area contributed by atoms with E-state index in [1.807, 2.05) is 0 Å². The highest BCUT2D eigenvalue weighted by Crippen LogP contribution is 2.23. The lowest BCUT2D eigenvalue weighted by molar-refractivity contribution is -0.117. The number of anilines is 1. The highest BCUT2D eigenvalue weighted by atomic mass is 16.4. The molecule has 0 spiro atoms. The van der Waals surface area contributed by atoms with Gasteiger partial charge in [-0.15, -0.1) is 0 Å². The van der Waals surface area contributed by atoms with Crippen LogP contribution < -0.4 is 4.90 Å². The van der Waals surface area contributed by atoms with Gasteiger partial charge in [-0.25, -0.2) is 9.78 Å². The number of amides is 1. The summed E-state index contributed by atoms with van der Waals surface area (Å²) in [5.74, 6) is -0.774. The lowest BCUT2D eigenvalue weighted by Gasteiger charge is -2.15. The third kappa shape index (κ3) is 2.80. The van der Waals surface area contributed by atoms with Gasteiger partial charge in [0.1, 0.15) is 5.82 Å². The maximum atomic E-state index is 11.8. The SMILES string of the molecule is [N-]=[N+]=NCC1CC(=O)N(c2ccc(C(=O)O)cn2)C1. The second-order valence-electron chi connectivity index (χ2n) is 4.20. The van der Waals surface area contributed by atoms with Crippen LogP contribution in [0.15, 0.2) is 23.4 Å². The Morgan fingerprint density at radius 1 is 1.63 bits per heavy atom. The van der Waals surface area contributed by atoms with Crippen molar-refractivity contribution in [2.24, 2.45) is 11.0 Å². The first-order valence-corrected chi connectivity index (χ1v) is 5.62. The number of carboxylic acid groups (broad SMARTS) is 1. The van der Waals surface area contributed by atoms with E-state index in [-0.39, 0.29) is 23.9 Å². The van der Waals surface area contributed by atoms with Gasteiger partial charge in [0.25, 0.3) is 0 Å². The summed E-state index contributed by atoms with van der Waals surface area (Å²) >= 11 is 0. The maximum absolute atomic E-state index is 11.8. The summed E-state index contributed by atoms with van der Waals surface area (Å²) in [4.78, 5) is 30.6. The van der Waals surface area contributed by atoms with E-state index in [4.69, 9.17) is 10.6 Å². The normalized spacial score (nSPS) is 18.2. The van der Waals surface area contributed by atoms with Crippen LogP contribution in [-0.2, 0) is 4.79 Å². The topological polar surface area (TPSA) is 119 Å². The molecule has 1 unspecified atom stereocenters. The fraction of sp³-hybridized carbons (Fsp3) is 0.364. The van der Waals surface area contributed by atoms with Gasteiger partial charge in [-0.05, 0) is 23.6 Å². The number of carbonyl (C=O) groups is 2. The first kappa shape index (κ1) is 12.8. The number of rotatable bonds is 4. The standard InChI is InChI=1S/C11H11N5O3/c12-15-14-4-7-3-10(17)16(6-7)9-2-1-8(5-13-9)11(18)19/h1-2,5,7H,3-4,6H2,(H,18,19). The van der Waals surface area contributed by atoms with Crippen molar-refractivity contribution in [3.05, 3.63) is 34.3 Å². The van der Waals surface area contributed by atoms with Gasteiger partial charge in [-0.3, -0.25) is 9.69 Å². The van der Waals surface area contributed by atoms with E-state index in [0.29, 0.717) is 18.8 Å². The summed E-state index contributed by atoms with van der Waals surface area (Å²) in [5, 5.41) is 12.2. The average Bonchev–Trinajstić information content (AvgIpc) is 2.77. The number of aromatic carboxylic acids is 1. The van der Waals surface area contributed by atoms with E-state index in [0.717, 1.165) is 0 Å². The molecule has 1 saturated heterocycles. The summed E-state index contributed by atoms with van der Waals surface area (Å²) in [7, 11) is 0. The number of carbonyl (C=O) groups excluding carboxylic acids is 1. The summed E-state index contributed by atoms with van der Waals surface area (Å²) in [6.07, 6.45) is 1.52. The zero-order valence-corrected chi connectivity index (χ0v) is 9.93. The van der Waals surface area contributed by atoms with Crippen LogP contribution in [0.5, 0.6) is 0 Å². The molecule has 0 aromatic carbocycles. The Kier molecular flexibility index (Phi) is 3.63. The van der Waals surface area contributed by atoms with Crippen molar-refractivity contribution in [1.82, 2.24) is 4.98 Å². The molecule has 1 atom stereocenters. The van der Waals surface area contributed by atoms with Gasteiger partial charge in [-0.1, -0.05) is 5.11 Å². The molecule has 19 heavy (non-hydrogen) atoms. The molecule has 1 amide bonds. The van der Waals surface area contributed by atoms with Gasteiger partial charge in [-0.2, -0.15) is 0 Å². The number of azide groups is 1. The highest BCUT2D eigenvalue weighted by molar-refractivity contribution is 5.95. The molecule has 2 heterocycles. The molecule has 8 heteroatoms. The third-order valence-electron chi connectivity index (χ3n) is 2.88. The Balaban J connectivity index is 2.11. The molecule has 0 aliphatic carbocycles. The molecule has 1 fully saturated rings. The fourth-order valence-corrected chi connectivity index (χ4v) is 1.95. The van der Waals surface area contributed by atoms with E-state index < -0.39 is 5.97 Å². The molecule has 0 bridgehead atoms. The summed E-state index contributed by atoms with van der Waals surface area (Å²) in [6.45, 7) is 0.698. The summed E-state index contributed by atoms with van der Waals surface area (Å²) in [5.41, 5.74) is 8.32. The van der Waals surface area contributed by atoms with Gasteiger partial charge in [0, 0.05) is 30.6 Å². The molecule has 98 valence electrons. The van der Waals surface area contributed by atoms with Crippen LogP contribution in [-0.4, -0.2) is 35.1 Å². The summed E-state index contributed by atoms with van der Waals surface area (Å²) in [6, 6.07) is 2.90. The van der Waals surface area contributed by atoms with Crippen molar-refractivity contribution < 1.29 is 14.7 Å². The van der Waals surface area contributed by atoms with Crippen LogP contribution in [0, 0.1) is 5.92 Å². The minimum atomic E-state index is -1.06. The van der Waals surface area contributed by atoms with Crippen molar-refractivity contribution in [3.63, 3.8) is 0 Å². The lowest BCUT2D eigenvalue weighted by Crippen LogP contribution is -2.25. The molecule has 8 nitrogen and oxygen atoms in total. The molecule has 1 aromatic heterocycles. The molecule has 1 aromatic rings. The van der Waals surface area contributed by atoms with Crippen LogP contribution in [0.2, 0.25) is 0 Å². The van der Waals surface area contributed by atoms with E-state index in [2.05, 4.69) is 15.0 Å². The maximum Gasteiger partial charge on any atom is 0.337 e. The van der Waals surface area contributed by atoms with Crippen LogP contribution in [0.4, 0.5) is 5.82 Å². The number of pyridine rings is 1. The van der Waals surface area contributed by atoms with E-state index in [1.165, 1.54) is 23.2 Å². The second kappa shape index (κ2) is 5.36. The van der Waals surface area contributed by atoms with Crippen molar-refractivity contribution in [2.75, 3.05) is 18.0 Å². The molecular formula is C11H11N5O3. The van der Waals surface area contributed by atoms with E-state index in [1.54, 1.807) is 0 Å². The molecular weight excluding hydrogens is 250 g/mol. The van der Waals surface area contributed by atoms with Crippen LogP contribution in [0.25, 0.3) is 10.4 Å². The first-order chi connectivity index (χ1) is 9.11. The molecule has 1 N–H and O–H groups in total. The molecule has 1 aliphatic heterocycles. The molecule has 0 radical (unpaired) electrons. The van der Waals surface area contributed by atoms with E-state index in [9.17, 15) is 9.59 Å².